The minimum Gasteiger partial charge on any atom is -0.493 e. The summed E-state index contributed by atoms with van der Waals surface area (Å²) in [6.07, 6.45) is 7.77. The number of hydrogen-bond acceptors (Lipinski definition) is 9. The van der Waals surface area contributed by atoms with Gasteiger partial charge in [-0.25, -0.2) is 18.7 Å². The van der Waals surface area contributed by atoms with Gasteiger partial charge in [-0.15, -0.1) is 0 Å². The maximum atomic E-state index is 14.5. The van der Waals surface area contributed by atoms with Crippen LogP contribution in [0.3, 0.4) is 0 Å². The second kappa shape index (κ2) is 11.5. The third kappa shape index (κ3) is 5.86. The van der Waals surface area contributed by atoms with Crippen LogP contribution in [-0.4, -0.2) is 58.6 Å². The number of fused-ring (bicyclic) bond motifs is 1. The molecule has 200 valence electrons. The molecule has 1 amide bonds. The minimum absolute atomic E-state index is 0.117. The number of likely N-dealkylation sites (tertiary alicyclic amines) is 1. The summed E-state index contributed by atoms with van der Waals surface area (Å²) in [6, 6.07) is 9.34. The van der Waals surface area contributed by atoms with E-state index in [9.17, 15) is 13.6 Å². The number of piperidine rings is 1. The molecule has 0 spiro atoms. The van der Waals surface area contributed by atoms with Gasteiger partial charge in [-0.1, -0.05) is 12.5 Å². The van der Waals surface area contributed by atoms with E-state index in [-0.39, 0.29) is 12.2 Å². The van der Waals surface area contributed by atoms with Crippen LogP contribution in [0.2, 0.25) is 0 Å². The fraction of sp³-hybridized carbons (Fsp3) is 0.346. The van der Waals surface area contributed by atoms with Crippen LogP contribution in [0.15, 0.2) is 54.7 Å². The zero-order chi connectivity index (χ0) is 26.5. The Kier molecular flexibility index (Phi) is 7.68. The SMILES string of the molecule is NC(=O)CN1C=C(Nc2ncnc3cc(OCCCN4CCCCC4)ccc23)NN1c1cccc(F)c1F. The summed E-state index contributed by atoms with van der Waals surface area (Å²) < 4.78 is 34.3. The number of carbonyl (C=O) groups is 1. The fourth-order valence-electron chi connectivity index (χ4n) is 4.62. The zero-order valence-corrected chi connectivity index (χ0v) is 20.9. The highest BCUT2D eigenvalue weighted by Crippen LogP contribution is 2.28. The summed E-state index contributed by atoms with van der Waals surface area (Å²) >= 11 is 0. The van der Waals surface area contributed by atoms with E-state index in [1.54, 1.807) is 0 Å². The van der Waals surface area contributed by atoms with E-state index < -0.39 is 17.5 Å². The van der Waals surface area contributed by atoms with Crippen LogP contribution >= 0.6 is 0 Å². The van der Waals surface area contributed by atoms with E-state index in [0.29, 0.717) is 23.8 Å². The number of nitrogens with two attached hydrogens (primary N) is 1. The van der Waals surface area contributed by atoms with Crippen molar-refractivity contribution in [3.05, 3.63) is 66.4 Å². The lowest BCUT2D eigenvalue weighted by atomic mass is 10.1. The molecule has 1 fully saturated rings. The van der Waals surface area contributed by atoms with Crippen molar-refractivity contribution in [2.75, 3.05) is 43.2 Å². The number of hydrazine groups is 2. The number of benzene rings is 2. The molecule has 38 heavy (non-hydrogen) atoms. The molecule has 2 aliphatic rings. The topological polar surface area (TPSA) is 112 Å². The van der Waals surface area contributed by atoms with Crippen molar-refractivity contribution in [3.63, 3.8) is 0 Å². The van der Waals surface area contributed by atoms with Gasteiger partial charge < -0.3 is 20.7 Å². The van der Waals surface area contributed by atoms with Crippen molar-refractivity contribution in [2.45, 2.75) is 25.7 Å². The summed E-state index contributed by atoms with van der Waals surface area (Å²) in [5.41, 5.74) is 8.84. The van der Waals surface area contributed by atoms with Gasteiger partial charge in [-0.3, -0.25) is 15.2 Å². The molecule has 0 bridgehead atoms. The third-order valence-corrected chi connectivity index (χ3v) is 6.44. The Labute approximate surface area is 219 Å². The highest BCUT2D eigenvalue weighted by atomic mass is 19.2. The van der Waals surface area contributed by atoms with Crippen LogP contribution < -0.4 is 26.3 Å². The Balaban J connectivity index is 1.27. The van der Waals surface area contributed by atoms with E-state index >= 15 is 0 Å². The highest BCUT2D eigenvalue weighted by molar-refractivity contribution is 5.90. The van der Waals surface area contributed by atoms with Crippen LogP contribution in [0.25, 0.3) is 10.9 Å². The van der Waals surface area contributed by atoms with Crippen molar-refractivity contribution in [1.29, 1.82) is 0 Å². The Morgan fingerprint density at radius 3 is 2.79 bits per heavy atom. The number of halogens is 2. The Bertz CT molecular complexity index is 1330. The number of carbonyl (C=O) groups excluding carboxylic acids is 1. The first kappa shape index (κ1) is 25.5. The minimum atomic E-state index is -1.07. The normalized spacial score (nSPS) is 15.9. The molecule has 2 aromatic carbocycles. The molecular weight excluding hydrogens is 494 g/mol. The van der Waals surface area contributed by atoms with E-state index in [0.717, 1.165) is 30.2 Å². The average molecular weight is 525 g/mol. The number of aromatic nitrogens is 2. The fourth-order valence-corrected chi connectivity index (χ4v) is 4.62. The summed E-state index contributed by atoms with van der Waals surface area (Å²) in [7, 11) is 0. The van der Waals surface area contributed by atoms with Gasteiger partial charge in [0.2, 0.25) is 5.91 Å². The van der Waals surface area contributed by atoms with Crippen molar-refractivity contribution < 1.29 is 18.3 Å². The number of anilines is 2. The molecular formula is C26H30F2N8O2. The molecule has 10 nitrogen and oxygen atoms in total. The van der Waals surface area contributed by atoms with Gasteiger partial charge in [0.1, 0.15) is 35.9 Å². The van der Waals surface area contributed by atoms with Crippen molar-refractivity contribution >= 4 is 28.3 Å². The van der Waals surface area contributed by atoms with E-state index in [4.69, 9.17) is 10.5 Å². The molecule has 12 heteroatoms. The number of hydrogen-bond donors (Lipinski definition) is 3. The smallest absolute Gasteiger partial charge is 0.239 e. The van der Waals surface area contributed by atoms with E-state index in [1.807, 2.05) is 18.2 Å². The lowest BCUT2D eigenvalue weighted by Crippen LogP contribution is -2.47. The van der Waals surface area contributed by atoms with Gasteiger partial charge in [0.25, 0.3) is 0 Å². The van der Waals surface area contributed by atoms with Gasteiger partial charge in [-0.05, 0) is 56.6 Å². The number of ether oxygens (including phenoxy) is 1. The van der Waals surface area contributed by atoms with E-state index in [1.165, 1.54) is 67.1 Å². The summed E-state index contributed by atoms with van der Waals surface area (Å²) in [6.45, 7) is 3.73. The lowest BCUT2D eigenvalue weighted by molar-refractivity contribution is -0.118. The third-order valence-electron chi connectivity index (χ3n) is 6.44. The Morgan fingerprint density at radius 1 is 1.13 bits per heavy atom. The molecule has 1 saturated heterocycles. The molecule has 0 unspecified atom stereocenters. The van der Waals surface area contributed by atoms with Gasteiger partial charge in [0, 0.05) is 18.0 Å². The predicted molar refractivity (Wildman–Crippen MR) is 140 cm³/mol. The number of rotatable bonds is 10. The van der Waals surface area contributed by atoms with Gasteiger partial charge in [-0.2, -0.15) is 5.12 Å². The second-order valence-electron chi connectivity index (χ2n) is 9.23. The molecule has 5 rings (SSSR count). The van der Waals surface area contributed by atoms with Gasteiger partial charge in [0.05, 0.1) is 18.3 Å². The van der Waals surface area contributed by atoms with Crippen LogP contribution in [-0.2, 0) is 4.79 Å². The second-order valence-corrected chi connectivity index (χ2v) is 9.23. The maximum Gasteiger partial charge on any atom is 0.239 e. The molecule has 3 heterocycles. The van der Waals surface area contributed by atoms with E-state index in [2.05, 4.69) is 25.6 Å². The Hall–Kier alpha value is -4.19. The first-order valence-electron chi connectivity index (χ1n) is 12.6. The average Bonchev–Trinajstić information content (AvgIpc) is 3.30. The molecule has 3 aromatic rings. The monoisotopic (exact) mass is 524 g/mol. The molecule has 0 radical (unpaired) electrons. The Morgan fingerprint density at radius 2 is 1.97 bits per heavy atom. The highest BCUT2D eigenvalue weighted by Gasteiger charge is 2.27. The molecule has 0 saturated carbocycles. The van der Waals surface area contributed by atoms with Crippen molar-refractivity contribution in [1.82, 2.24) is 25.3 Å². The quantitative estimate of drug-likeness (QED) is 0.345. The summed E-state index contributed by atoms with van der Waals surface area (Å²) in [5.74, 6) is -1.17. The first-order chi connectivity index (χ1) is 18.5. The molecule has 2 aliphatic heterocycles. The molecule has 0 aliphatic carbocycles. The largest absolute Gasteiger partial charge is 0.493 e. The summed E-state index contributed by atoms with van der Waals surface area (Å²) in [4.78, 5) is 22.8. The number of primary amides is 1. The standard InChI is InChI=1S/C26H30F2N8O2/c27-20-6-4-7-22(25(20)28)36-33-24(16-35(36)15-23(29)37)32-26-19-9-8-18(14-21(19)30-17-31-26)38-13-5-12-34-10-2-1-3-11-34/h4,6-9,14,16-17,33H,1-3,5,10-13,15H2,(H2,29,37)(H,30,31,32). The molecule has 1 aromatic heterocycles. The van der Waals surface area contributed by atoms with Crippen LogP contribution in [0, 0.1) is 11.6 Å². The number of nitrogens with zero attached hydrogens (tertiary/aromatic N) is 5. The maximum absolute atomic E-state index is 14.5. The molecule has 0 atom stereocenters. The number of nitrogens with one attached hydrogen (secondary N) is 2. The van der Waals surface area contributed by atoms with Crippen molar-refractivity contribution in [3.8, 4) is 5.75 Å². The zero-order valence-electron chi connectivity index (χ0n) is 20.9. The first-order valence-corrected chi connectivity index (χ1v) is 12.6. The van der Waals surface area contributed by atoms with Crippen LogP contribution in [0.5, 0.6) is 5.75 Å². The van der Waals surface area contributed by atoms with Gasteiger partial charge >= 0.3 is 0 Å². The van der Waals surface area contributed by atoms with Crippen molar-refractivity contribution in [2.24, 2.45) is 5.73 Å². The number of amides is 1. The lowest BCUT2D eigenvalue weighted by Gasteiger charge is -2.29. The molecule has 4 N–H and O–H groups in total. The van der Waals surface area contributed by atoms with Crippen LogP contribution in [0.4, 0.5) is 20.3 Å². The predicted octanol–water partition coefficient (Wildman–Crippen LogP) is 3.10. The van der Waals surface area contributed by atoms with Gasteiger partial charge in [0.15, 0.2) is 11.6 Å². The summed E-state index contributed by atoms with van der Waals surface area (Å²) in [5, 5.41) is 6.39. The van der Waals surface area contributed by atoms with Crippen LogP contribution in [0.1, 0.15) is 25.7 Å².